The van der Waals surface area contributed by atoms with E-state index in [1.54, 1.807) is 0 Å². The summed E-state index contributed by atoms with van der Waals surface area (Å²) in [4.78, 5) is 51.6. The number of carbonyl (C=O) groups is 3. The Kier molecular flexibility index (Phi) is 6.85. The number of halogens is 1. The van der Waals surface area contributed by atoms with Gasteiger partial charge in [0.25, 0.3) is 0 Å². The van der Waals surface area contributed by atoms with Gasteiger partial charge in [-0.1, -0.05) is 24.3 Å². The van der Waals surface area contributed by atoms with Crippen molar-refractivity contribution in [2.45, 2.75) is 70.0 Å². The minimum atomic E-state index is -1.18. The highest BCUT2D eigenvalue weighted by atomic mass is 35.5. The Hall–Kier alpha value is -3.77. The average molecular weight is 584 g/mol. The van der Waals surface area contributed by atoms with Gasteiger partial charge in [0.1, 0.15) is 6.10 Å². The lowest BCUT2D eigenvalue weighted by Crippen LogP contribution is -2.61. The van der Waals surface area contributed by atoms with Gasteiger partial charge in [-0.05, 0) is 48.9 Å². The molecule has 1 unspecified atom stereocenters. The van der Waals surface area contributed by atoms with Crippen LogP contribution in [0.5, 0.6) is 0 Å². The third-order valence-electron chi connectivity index (χ3n) is 8.34. The first-order valence-electron chi connectivity index (χ1n) is 13.5. The van der Waals surface area contributed by atoms with Gasteiger partial charge in [-0.15, -0.1) is 0 Å². The van der Waals surface area contributed by atoms with E-state index in [1.165, 1.54) is 42.8 Å². The second-order valence-electron chi connectivity index (χ2n) is 11.1. The maximum absolute atomic E-state index is 12.1. The molecule has 2 aromatic heterocycles. The minimum Gasteiger partial charge on any atom is -0.481 e. The first-order valence-corrected chi connectivity index (χ1v) is 13.9. The molecule has 1 spiro atoms. The number of imidazole rings is 1. The van der Waals surface area contributed by atoms with Gasteiger partial charge in [-0.3, -0.25) is 19.0 Å². The zero-order chi connectivity index (χ0) is 29.1. The summed E-state index contributed by atoms with van der Waals surface area (Å²) in [5, 5.41) is 9.69. The molecule has 2 aliphatic heterocycles. The Morgan fingerprint density at radius 1 is 1.12 bits per heavy atom. The minimum absolute atomic E-state index is 0.00623. The van der Waals surface area contributed by atoms with E-state index in [4.69, 9.17) is 25.8 Å². The number of rotatable bonds is 6. The van der Waals surface area contributed by atoms with Crippen LogP contribution >= 0.6 is 11.6 Å². The van der Waals surface area contributed by atoms with E-state index >= 15 is 0 Å². The second-order valence-corrected chi connectivity index (χ2v) is 11.4. The topological polar surface area (TPSA) is 146 Å². The summed E-state index contributed by atoms with van der Waals surface area (Å²) in [7, 11) is 0. The summed E-state index contributed by atoms with van der Waals surface area (Å²) in [6, 6.07) is 8.57. The summed E-state index contributed by atoms with van der Waals surface area (Å²) in [6.45, 7) is 5.34. The first-order chi connectivity index (χ1) is 19.6. The molecule has 0 radical (unpaired) electrons. The largest absolute Gasteiger partial charge is 0.481 e. The van der Waals surface area contributed by atoms with E-state index in [-0.39, 0.29) is 10.7 Å². The fraction of sp³-hybridized carbons (Fsp3) is 0.500. The third-order valence-corrected chi connectivity index (χ3v) is 8.51. The third kappa shape index (κ3) is 4.68. The van der Waals surface area contributed by atoms with Crippen LogP contribution in [0, 0.1) is 5.92 Å². The molecule has 2 fully saturated rings. The number of aromatic nitrogens is 4. The van der Waals surface area contributed by atoms with E-state index in [0.29, 0.717) is 17.0 Å². The molecule has 12 nitrogen and oxygen atoms in total. The molecular formula is C28H30ClN5O7. The number of ether oxygens (including phenoxy) is 3. The molecule has 13 heteroatoms. The summed E-state index contributed by atoms with van der Waals surface area (Å²) in [5.41, 5.74) is 3.58. The molecule has 1 aromatic carbocycles. The van der Waals surface area contributed by atoms with Gasteiger partial charge in [-0.25, -0.2) is 4.98 Å². The summed E-state index contributed by atoms with van der Waals surface area (Å²) < 4.78 is 18.7. The van der Waals surface area contributed by atoms with Gasteiger partial charge in [-0.2, -0.15) is 9.97 Å². The molecule has 5 atom stereocenters. The SMILES string of the molecule is CC(=O)O[C@@H]1[C@H](OC(C)=O)[C@@H](C(C)C(=O)O)O[C@H]1n1cnc2c(N3CC4(CCCc5ccccc54)C3)nc(Cl)nc21. The van der Waals surface area contributed by atoms with E-state index in [9.17, 15) is 19.5 Å². The quantitative estimate of drug-likeness (QED) is 0.337. The van der Waals surface area contributed by atoms with Crippen molar-refractivity contribution >= 4 is 46.5 Å². The summed E-state index contributed by atoms with van der Waals surface area (Å²) >= 11 is 6.42. The Bertz CT molecular complexity index is 1540. The van der Waals surface area contributed by atoms with Crippen LogP contribution < -0.4 is 4.90 Å². The predicted molar refractivity (Wildman–Crippen MR) is 145 cm³/mol. The maximum atomic E-state index is 12.1. The van der Waals surface area contributed by atoms with Crippen molar-refractivity contribution in [3.05, 3.63) is 47.0 Å². The second kappa shape index (κ2) is 10.3. The summed E-state index contributed by atoms with van der Waals surface area (Å²) in [5.74, 6) is -2.99. The number of nitrogens with zero attached hydrogens (tertiary/aromatic N) is 5. The Balaban J connectivity index is 1.36. The lowest BCUT2D eigenvalue weighted by atomic mass is 9.65. The zero-order valence-corrected chi connectivity index (χ0v) is 23.6. The van der Waals surface area contributed by atoms with Crippen molar-refractivity contribution in [3.8, 4) is 0 Å². The van der Waals surface area contributed by atoms with Crippen LogP contribution in [-0.2, 0) is 40.4 Å². The van der Waals surface area contributed by atoms with E-state index in [0.717, 1.165) is 32.4 Å². The molecule has 0 bridgehead atoms. The number of fused-ring (bicyclic) bond motifs is 3. The Morgan fingerprint density at radius 2 is 1.83 bits per heavy atom. The number of carboxylic acids is 1. The smallest absolute Gasteiger partial charge is 0.309 e. The van der Waals surface area contributed by atoms with Crippen molar-refractivity contribution in [2.24, 2.45) is 5.92 Å². The Labute approximate surface area is 240 Å². The lowest BCUT2D eigenvalue weighted by molar-refractivity contribution is -0.166. The molecule has 41 heavy (non-hydrogen) atoms. The van der Waals surface area contributed by atoms with Gasteiger partial charge in [0, 0.05) is 32.4 Å². The fourth-order valence-electron chi connectivity index (χ4n) is 6.53. The van der Waals surface area contributed by atoms with Crippen LogP contribution in [0.25, 0.3) is 11.2 Å². The highest BCUT2D eigenvalue weighted by Crippen LogP contribution is 2.47. The molecule has 4 heterocycles. The van der Waals surface area contributed by atoms with Gasteiger partial charge >= 0.3 is 17.9 Å². The number of aryl methyl sites for hydroxylation is 1. The number of anilines is 1. The van der Waals surface area contributed by atoms with E-state index in [1.807, 2.05) is 0 Å². The first kappa shape index (κ1) is 27.4. The number of benzene rings is 1. The fourth-order valence-corrected chi connectivity index (χ4v) is 6.69. The molecule has 2 saturated heterocycles. The molecule has 6 rings (SSSR count). The highest BCUT2D eigenvalue weighted by Gasteiger charge is 2.54. The number of hydrogen-bond donors (Lipinski definition) is 1. The van der Waals surface area contributed by atoms with Crippen molar-refractivity contribution in [3.63, 3.8) is 0 Å². The van der Waals surface area contributed by atoms with Gasteiger partial charge < -0.3 is 24.2 Å². The highest BCUT2D eigenvalue weighted by molar-refractivity contribution is 6.28. The molecule has 1 N–H and O–H groups in total. The average Bonchev–Trinajstić information content (AvgIpc) is 3.46. The van der Waals surface area contributed by atoms with Crippen LogP contribution in [0.1, 0.15) is 51.0 Å². The number of carboxylic acid groups (broad SMARTS) is 1. The molecule has 3 aliphatic rings. The van der Waals surface area contributed by atoms with Gasteiger partial charge in [0.15, 0.2) is 35.4 Å². The molecule has 3 aromatic rings. The van der Waals surface area contributed by atoms with E-state index < -0.39 is 48.4 Å². The van der Waals surface area contributed by atoms with Gasteiger partial charge in [0.05, 0.1) is 12.2 Å². The van der Waals surface area contributed by atoms with Crippen LogP contribution in [-0.4, -0.2) is 73.9 Å². The number of esters is 2. The van der Waals surface area contributed by atoms with Crippen molar-refractivity contribution in [2.75, 3.05) is 18.0 Å². The molecule has 0 saturated carbocycles. The van der Waals surface area contributed by atoms with Gasteiger partial charge in [0.2, 0.25) is 5.28 Å². The Morgan fingerprint density at radius 3 is 2.54 bits per heavy atom. The monoisotopic (exact) mass is 583 g/mol. The number of hydrogen-bond acceptors (Lipinski definition) is 10. The molecule has 1 aliphatic carbocycles. The number of aliphatic carboxylic acids is 1. The predicted octanol–water partition coefficient (Wildman–Crippen LogP) is 3.06. The molecule has 216 valence electrons. The van der Waals surface area contributed by atoms with Crippen LogP contribution in [0.2, 0.25) is 5.28 Å². The number of carbonyl (C=O) groups excluding carboxylic acids is 2. The van der Waals surface area contributed by atoms with Crippen LogP contribution in [0.4, 0.5) is 5.82 Å². The zero-order valence-electron chi connectivity index (χ0n) is 22.8. The molecule has 0 amide bonds. The van der Waals surface area contributed by atoms with Crippen molar-refractivity contribution in [1.29, 1.82) is 0 Å². The lowest BCUT2D eigenvalue weighted by Gasteiger charge is -2.53. The summed E-state index contributed by atoms with van der Waals surface area (Å²) in [6.07, 6.45) is 0.199. The van der Waals surface area contributed by atoms with Crippen molar-refractivity contribution < 1.29 is 33.7 Å². The maximum Gasteiger partial charge on any atom is 0.309 e. The molecular weight excluding hydrogens is 554 g/mol. The normalized spacial score (nSPS) is 25.4. The van der Waals surface area contributed by atoms with Crippen molar-refractivity contribution in [1.82, 2.24) is 19.5 Å². The van der Waals surface area contributed by atoms with E-state index in [2.05, 4.69) is 44.1 Å². The van der Waals surface area contributed by atoms with Crippen LogP contribution in [0.15, 0.2) is 30.6 Å². The van der Waals surface area contributed by atoms with Crippen LogP contribution in [0.3, 0.4) is 0 Å². The standard InChI is InChI=1S/C28H30ClN5O7/c1-14(26(37)38)20-21(39-15(2)35)22(40-16(3)36)25(41-20)34-13-30-19-23(31-27(29)32-24(19)34)33-11-28(12-33)10-6-8-17-7-4-5-9-18(17)28/h4-5,7,9,13-14,20-22,25H,6,8,10-12H2,1-3H3,(H,37,38)/t14?,20-,21-,22-,25-/m1/s1.